The van der Waals surface area contributed by atoms with Crippen LogP contribution >= 0.6 is 15.9 Å². The molecule has 1 heterocycles. The normalized spacial score (nSPS) is 10.1. The van der Waals surface area contributed by atoms with E-state index in [9.17, 15) is 4.39 Å². The van der Waals surface area contributed by atoms with Crippen molar-refractivity contribution in [3.05, 3.63) is 22.7 Å². The predicted octanol–water partition coefficient (Wildman–Crippen LogP) is 3.16. The second-order valence-electron chi connectivity index (χ2n) is 2.62. The lowest BCUT2D eigenvalue weighted by Crippen LogP contribution is -1.98. The van der Waals surface area contributed by atoms with E-state index in [0.29, 0.717) is 17.0 Å². The van der Waals surface area contributed by atoms with Crippen molar-refractivity contribution >= 4 is 15.9 Å². The van der Waals surface area contributed by atoms with Gasteiger partial charge >= 0.3 is 0 Å². The van der Waals surface area contributed by atoms with Gasteiger partial charge < -0.3 is 4.74 Å². The van der Waals surface area contributed by atoms with Crippen molar-refractivity contribution in [2.45, 2.75) is 19.8 Å². The highest BCUT2D eigenvalue weighted by Crippen LogP contribution is 2.22. The van der Waals surface area contributed by atoms with Crippen LogP contribution in [-0.2, 0) is 0 Å². The maximum absolute atomic E-state index is 12.5. The molecule has 0 aliphatic heterocycles. The summed E-state index contributed by atoms with van der Waals surface area (Å²) < 4.78 is 18.3. The van der Waals surface area contributed by atoms with Crippen molar-refractivity contribution in [3.63, 3.8) is 0 Å². The Balaban J connectivity index is 2.56. The summed E-state index contributed by atoms with van der Waals surface area (Å²) in [5, 5.41) is 0. The van der Waals surface area contributed by atoms with Crippen LogP contribution < -0.4 is 4.74 Å². The zero-order valence-electron chi connectivity index (χ0n) is 7.39. The molecular formula is C9H11BrFNO. The molecule has 1 aromatic rings. The number of hydrogen-bond acceptors (Lipinski definition) is 2. The van der Waals surface area contributed by atoms with Gasteiger partial charge in [0.05, 0.1) is 6.61 Å². The summed E-state index contributed by atoms with van der Waals surface area (Å²) in [4.78, 5) is 3.58. The molecule has 0 radical (unpaired) electrons. The molecule has 0 atom stereocenters. The van der Waals surface area contributed by atoms with E-state index in [2.05, 4.69) is 27.8 Å². The van der Waals surface area contributed by atoms with Crippen LogP contribution in [-0.4, -0.2) is 11.6 Å². The predicted molar refractivity (Wildman–Crippen MR) is 52.3 cm³/mol. The van der Waals surface area contributed by atoms with E-state index >= 15 is 0 Å². The third-order valence-electron chi connectivity index (χ3n) is 1.54. The number of ether oxygens (including phenoxy) is 1. The Morgan fingerprint density at radius 3 is 2.92 bits per heavy atom. The standard InChI is InChI=1S/C9H11BrFNO/c1-2-3-6-13-7-4-5-8(11)12-9(7)10/h4-5H,2-3,6H2,1H3. The van der Waals surface area contributed by atoms with E-state index < -0.39 is 5.95 Å². The SMILES string of the molecule is CCCCOc1ccc(F)nc1Br. The van der Waals surface area contributed by atoms with Crippen LogP contribution in [0.25, 0.3) is 0 Å². The molecule has 0 aromatic carbocycles. The third-order valence-corrected chi connectivity index (χ3v) is 2.10. The van der Waals surface area contributed by atoms with Gasteiger partial charge in [0, 0.05) is 0 Å². The van der Waals surface area contributed by atoms with Crippen molar-refractivity contribution in [1.29, 1.82) is 0 Å². The van der Waals surface area contributed by atoms with E-state index in [1.165, 1.54) is 6.07 Å². The minimum Gasteiger partial charge on any atom is -0.491 e. The molecule has 0 aliphatic rings. The van der Waals surface area contributed by atoms with Gasteiger partial charge in [-0.1, -0.05) is 13.3 Å². The maximum atomic E-state index is 12.5. The fourth-order valence-corrected chi connectivity index (χ4v) is 1.25. The molecule has 1 rings (SSSR count). The van der Waals surface area contributed by atoms with Gasteiger partial charge in [0.1, 0.15) is 0 Å². The molecule has 0 unspecified atom stereocenters. The topological polar surface area (TPSA) is 22.1 Å². The summed E-state index contributed by atoms with van der Waals surface area (Å²) >= 11 is 3.12. The molecule has 13 heavy (non-hydrogen) atoms. The quantitative estimate of drug-likeness (QED) is 0.603. The largest absolute Gasteiger partial charge is 0.491 e. The van der Waals surface area contributed by atoms with E-state index in [1.54, 1.807) is 6.07 Å². The number of unbranched alkanes of at least 4 members (excludes halogenated alkanes) is 1. The zero-order valence-corrected chi connectivity index (χ0v) is 8.97. The van der Waals surface area contributed by atoms with Crippen LogP contribution in [0.4, 0.5) is 4.39 Å². The smallest absolute Gasteiger partial charge is 0.214 e. The molecule has 0 amide bonds. The first kappa shape index (κ1) is 10.4. The highest BCUT2D eigenvalue weighted by molar-refractivity contribution is 9.10. The summed E-state index contributed by atoms with van der Waals surface area (Å²) in [5.41, 5.74) is 0. The maximum Gasteiger partial charge on any atom is 0.214 e. The molecule has 0 fully saturated rings. The molecule has 1 aromatic heterocycles. The Labute approximate surface area is 85.3 Å². The highest BCUT2D eigenvalue weighted by Gasteiger charge is 2.02. The molecular weight excluding hydrogens is 237 g/mol. The highest BCUT2D eigenvalue weighted by atomic mass is 79.9. The van der Waals surface area contributed by atoms with Gasteiger partial charge in [0.2, 0.25) is 5.95 Å². The van der Waals surface area contributed by atoms with Crippen LogP contribution in [0, 0.1) is 5.95 Å². The van der Waals surface area contributed by atoms with Gasteiger partial charge in [-0.25, -0.2) is 4.98 Å². The first-order valence-electron chi connectivity index (χ1n) is 4.19. The minimum absolute atomic E-state index is 0.420. The number of rotatable bonds is 4. The van der Waals surface area contributed by atoms with Crippen molar-refractivity contribution in [2.24, 2.45) is 0 Å². The summed E-state index contributed by atoms with van der Waals surface area (Å²) in [6, 6.07) is 2.86. The molecule has 0 N–H and O–H groups in total. The molecule has 0 bridgehead atoms. The van der Waals surface area contributed by atoms with Crippen molar-refractivity contribution in [3.8, 4) is 5.75 Å². The van der Waals surface area contributed by atoms with Crippen molar-refractivity contribution < 1.29 is 9.13 Å². The molecule has 0 aliphatic carbocycles. The minimum atomic E-state index is -0.505. The Morgan fingerprint density at radius 2 is 2.31 bits per heavy atom. The van der Waals surface area contributed by atoms with E-state index in [0.717, 1.165) is 12.8 Å². The van der Waals surface area contributed by atoms with Crippen LogP contribution in [0.1, 0.15) is 19.8 Å². The Hall–Kier alpha value is -0.640. The summed E-state index contributed by atoms with van der Waals surface area (Å²) in [7, 11) is 0. The van der Waals surface area contributed by atoms with Gasteiger partial charge in [-0.3, -0.25) is 0 Å². The lowest BCUT2D eigenvalue weighted by molar-refractivity contribution is 0.305. The fraction of sp³-hybridized carbons (Fsp3) is 0.444. The second-order valence-corrected chi connectivity index (χ2v) is 3.38. The number of hydrogen-bond donors (Lipinski definition) is 0. The summed E-state index contributed by atoms with van der Waals surface area (Å²) in [5.74, 6) is 0.0876. The lowest BCUT2D eigenvalue weighted by Gasteiger charge is -2.05. The Bertz CT molecular complexity index is 280. The first-order chi connectivity index (χ1) is 6.24. The monoisotopic (exact) mass is 247 g/mol. The average molecular weight is 248 g/mol. The van der Waals surface area contributed by atoms with Crippen LogP contribution in [0.15, 0.2) is 16.7 Å². The van der Waals surface area contributed by atoms with Gasteiger partial charge in [0.25, 0.3) is 0 Å². The molecule has 0 spiro atoms. The molecule has 2 nitrogen and oxygen atoms in total. The van der Waals surface area contributed by atoms with E-state index in [4.69, 9.17) is 4.74 Å². The number of nitrogens with zero attached hydrogens (tertiary/aromatic N) is 1. The van der Waals surface area contributed by atoms with Crippen LogP contribution in [0.2, 0.25) is 0 Å². The zero-order chi connectivity index (χ0) is 9.68. The van der Waals surface area contributed by atoms with Gasteiger partial charge in [-0.2, -0.15) is 4.39 Å². The van der Waals surface area contributed by atoms with E-state index in [-0.39, 0.29) is 0 Å². The van der Waals surface area contributed by atoms with Gasteiger partial charge in [-0.05, 0) is 34.5 Å². The number of pyridine rings is 1. The summed E-state index contributed by atoms with van der Waals surface area (Å²) in [6.45, 7) is 2.73. The molecule has 0 saturated carbocycles. The second kappa shape index (κ2) is 5.17. The number of halogens is 2. The lowest BCUT2D eigenvalue weighted by atomic mass is 10.4. The van der Waals surface area contributed by atoms with Crippen molar-refractivity contribution in [1.82, 2.24) is 4.98 Å². The van der Waals surface area contributed by atoms with Crippen LogP contribution in [0.3, 0.4) is 0 Å². The molecule has 0 saturated heterocycles. The molecule has 4 heteroatoms. The summed E-state index contributed by atoms with van der Waals surface area (Å²) in [6.07, 6.45) is 2.07. The first-order valence-corrected chi connectivity index (χ1v) is 4.98. The van der Waals surface area contributed by atoms with Crippen LogP contribution in [0.5, 0.6) is 5.75 Å². The number of aromatic nitrogens is 1. The van der Waals surface area contributed by atoms with Crippen molar-refractivity contribution in [2.75, 3.05) is 6.61 Å². The Morgan fingerprint density at radius 1 is 1.54 bits per heavy atom. The molecule has 72 valence electrons. The van der Waals surface area contributed by atoms with Gasteiger partial charge in [-0.15, -0.1) is 0 Å². The fourth-order valence-electron chi connectivity index (χ4n) is 0.833. The Kier molecular flexibility index (Phi) is 4.15. The third kappa shape index (κ3) is 3.30. The van der Waals surface area contributed by atoms with Gasteiger partial charge in [0.15, 0.2) is 10.4 Å². The average Bonchev–Trinajstić information content (AvgIpc) is 2.09. The van der Waals surface area contributed by atoms with E-state index in [1.807, 2.05) is 0 Å².